The molecule has 3 rings (SSSR count). The molecular weight excluding hydrogens is 304 g/mol. The normalized spacial score (nSPS) is 15.6. The van der Waals surface area contributed by atoms with E-state index in [1.807, 2.05) is 29.4 Å². The monoisotopic (exact) mass is 328 g/mol. The van der Waals surface area contributed by atoms with Crippen LogP contribution in [0.1, 0.15) is 26.2 Å². The quantitative estimate of drug-likeness (QED) is 0.851. The lowest BCUT2D eigenvalue weighted by Crippen LogP contribution is -2.42. The van der Waals surface area contributed by atoms with E-state index in [-0.39, 0.29) is 17.7 Å². The highest BCUT2D eigenvalue weighted by atomic mass is 16.2. The predicted molar refractivity (Wildman–Crippen MR) is 92.3 cm³/mol. The number of nitrogens with one attached hydrogen (secondary N) is 1. The molecule has 1 aliphatic rings. The van der Waals surface area contributed by atoms with E-state index >= 15 is 0 Å². The minimum absolute atomic E-state index is 0.0367. The number of nitrogens with zero attached hydrogens (tertiary/aromatic N) is 3. The summed E-state index contributed by atoms with van der Waals surface area (Å²) in [5, 5.41) is 3.03. The predicted octanol–water partition coefficient (Wildman–Crippen LogP) is 1.80. The molecule has 2 aromatic rings. The lowest BCUT2D eigenvalue weighted by atomic mass is 9.96. The average Bonchev–Trinajstić information content (AvgIpc) is 3.02. The molecule has 1 aromatic heterocycles. The van der Waals surface area contributed by atoms with Gasteiger partial charge in [0.2, 0.25) is 11.8 Å². The number of rotatable bonds is 5. The molecule has 0 unspecified atom stereocenters. The fourth-order valence-corrected chi connectivity index (χ4v) is 3.25. The van der Waals surface area contributed by atoms with E-state index in [1.54, 1.807) is 6.92 Å². The standard InChI is InChI=1S/C18H24N4O2/c1-14(23)21-11-7-15(8-12-21)18(24)19-9-4-10-22-13-20-16-5-2-3-6-17(16)22/h2-3,5-6,13,15H,4,7-12H2,1H3,(H,19,24). The van der Waals surface area contributed by atoms with Crippen LogP contribution in [0, 0.1) is 5.92 Å². The maximum atomic E-state index is 12.2. The first-order valence-corrected chi connectivity index (χ1v) is 8.58. The Morgan fingerprint density at radius 1 is 1.25 bits per heavy atom. The second-order valence-corrected chi connectivity index (χ2v) is 6.35. The number of benzene rings is 1. The van der Waals surface area contributed by atoms with Crippen molar-refractivity contribution in [3.63, 3.8) is 0 Å². The van der Waals surface area contributed by atoms with Gasteiger partial charge in [0.15, 0.2) is 0 Å². The number of aryl methyl sites for hydroxylation is 1. The number of para-hydroxylation sites is 2. The molecule has 0 spiro atoms. The fourth-order valence-electron chi connectivity index (χ4n) is 3.25. The Morgan fingerprint density at radius 3 is 2.75 bits per heavy atom. The number of carbonyl (C=O) groups is 2. The lowest BCUT2D eigenvalue weighted by Gasteiger charge is -2.30. The smallest absolute Gasteiger partial charge is 0.223 e. The van der Waals surface area contributed by atoms with Crippen molar-refractivity contribution in [2.75, 3.05) is 19.6 Å². The van der Waals surface area contributed by atoms with Crippen molar-refractivity contribution < 1.29 is 9.59 Å². The Morgan fingerprint density at radius 2 is 2.00 bits per heavy atom. The van der Waals surface area contributed by atoms with Gasteiger partial charge in [-0.3, -0.25) is 9.59 Å². The van der Waals surface area contributed by atoms with Crippen LogP contribution in [0.4, 0.5) is 0 Å². The highest BCUT2D eigenvalue weighted by molar-refractivity contribution is 5.79. The summed E-state index contributed by atoms with van der Waals surface area (Å²) in [5.74, 6) is 0.254. The van der Waals surface area contributed by atoms with E-state index in [4.69, 9.17) is 0 Å². The highest BCUT2D eigenvalue weighted by Crippen LogP contribution is 2.17. The summed E-state index contributed by atoms with van der Waals surface area (Å²) in [7, 11) is 0. The highest BCUT2D eigenvalue weighted by Gasteiger charge is 2.25. The summed E-state index contributed by atoms with van der Waals surface area (Å²) in [6.45, 7) is 4.46. The van der Waals surface area contributed by atoms with Crippen molar-refractivity contribution in [3.05, 3.63) is 30.6 Å². The molecule has 0 atom stereocenters. The van der Waals surface area contributed by atoms with Gasteiger partial charge >= 0.3 is 0 Å². The molecular formula is C18H24N4O2. The van der Waals surface area contributed by atoms with Gasteiger partial charge in [0.1, 0.15) is 0 Å². The maximum absolute atomic E-state index is 12.2. The van der Waals surface area contributed by atoms with Crippen LogP contribution in [0.2, 0.25) is 0 Å². The van der Waals surface area contributed by atoms with Crippen LogP contribution in [-0.4, -0.2) is 45.9 Å². The number of amides is 2. The van der Waals surface area contributed by atoms with E-state index in [0.717, 1.165) is 36.8 Å². The zero-order valence-corrected chi connectivity index (χ0v) is 14.1. The molecule has 1 aromatic carbocycles. The van der Waals surface area contributed by atoms with Gasteiger partial charge in [-0.25, -0.2) is 4.98 Å². The first-order chi connectivity index (χ1) is 11.6. The van der Waals surface area contributed by atoms with Crippen molar-refractivity contribution in [1.29, 1.82) is 0 Å². The number of hydrogen-bond donors (Lipinski definition) is 1. The summed E-state index contributed by atoms with van der Waals surface area (Å²) in [4.78, 5) is 29.7. The topological polar surface area (TPSA) is 67.2 Å². The Bertz CT molecular complexity index is 717. The summed E-state index contributed by atoms with van der Waals surface area (Å²) < 4.78 is 2.12. The van der Waals surface area contributed by atoms with Gasteiger partial charge in [0, 0.05) is 39.0 Å². The second-order valence-electron chi connectivity index (χ2n) is 6.35. The number of likely N-dealkylation sites (tertiary alicyclic amines) is 1. The van der Waals surface area contributed by atoms with Gasteiger partial charge in [0.25, 0.3) is 0 Å². The molecule has 6 nitrogen and oxygen atoms in total. The van der Waals surface area contributed by atoms with Gasteiger partial charge < -0.3 is 14.8 Å². The van der Waals surface area contributed by atoms with E-state index in [1.165, 1.54) is 0 Å². The molecule has 1 saturated heterocycles. The third-order valence-electron chi connectivity index (χ3n) is 4.71. The van der Waals surface area contributed by atoms with Crippen molar-refractivity contribution in [2.45, 2.75) is 32.7 Å². The molecule has 0 aliphatic carbocycles. The maximum Gasteiger partial charge on any atom is 0.223 e. The molecule has 128 valence electrons. The third-order valence-corrected chi connectivity index (χ3v) is 4.71. The molecule has 6 heteroatoms. The Kier molecular flexibility index (Phi) is 5.13. The van der Waals surface area contributed by atoms with Gasteiger partial charge in [-0.2, -0.15) is 0 Å². The minimum Gasteiger partial charge on any atom is -0.356 e. The molecule has 1 N–H and O–H groups in total. The zero-order valence-electron chi connectivity index (χ0n) is 14.1. The summed E-state index contributed by atoms with van der Waals surface area (Å²) >= 11 is 0. The molecule has 2 amide bonds. The van der Waals surface area contributed by atoms with Crippen LogP contribution in [-0.2, 0) is 16.1 Å². The van der Waals surface area contributed by atoms with Crippen LogP contribution < -0.4 is 5.32 Å². The first kappa shape index (κ1) is 16.5. The van der Waals surface area contributed by atoms with Crippen molar-refractivity contribution in [1.82, 2.24) is 19.8 Å². The number of fused-ring (bicyclic) bond motifs is 1. The average molecular weight is 328 g/mol. The van der Waals surface area contributed by atoms with E-state index in [9.17, 15) is 9.59 Å². The molecule has 0 bridgehead atoms. The Balaban J connectivity index is 1.40. The third kappa shape index (κ3) is 3.75. The van der Waals surface area contributed by atoms with E-state index < -0.39 is 0 Å². The molecule has 1 fully saturated rings. The fraction of sp³-hybridized carbons (Fsp3) is 0.500. The number of imidazole rings is 1. The van der Waals surface area contributed by atoms with Crippen LogP contribution in [0.5, 0.6) is 0 Å². The van der Waals surface area contributed by atoms with Crippen molar-refractivity contribution >= 4 is 22.8 Å². The van der Waals surface area contributed by atoms with Gasteiger partial charge in [-0.15, -0.1) is 0 Å². The minimum atomic E-state index is 0.0367. The van der Waals surface area contributed by atoms with Gasteiger partial charge in [-0.05, 0) is 31.4 Å². The number of carbonyl (C=O) groups excluding carboxylic acids is 2. The van der Waals surface area contributed by atoms with Crippen LogP contribution >= 0.6 is 0 Å². The Labute approximate surface area is 141 Å². The molecule has 0 saturated carbocycles. The molecule has 2 heterocycles. The van der Waals surface area contributed by atoms with Crippen LogP contribution in [0.15, 0.2) is 30.6 Å². The Hall–Kier alpha value is -2.37. The van der Waals surface area contributed by atoms with E-state index in [0.29, 0.717) is 19.6 Å². The molecule has 24 heavy (non-hydrogen) atoms. The number of piperidine rings is 1. The zero-order chi connectivity index (χ0) is 16.9. The SMILES string of the molecule is CC(=O)N1CCC(C(=O)NCCCn2cnc3ccccc32)CC1. The van der Waals surface area contributed by atoms with Crippen molar-refractivity contribution in [3.8, 4) is 0 Å². The first-order valence-electron chi connectivity index (χ1n) is 8.58. The van der Waals surface area contributed by atoms with Gasteiger partial charge in [0.05, 0.1) is 17.4 Å². The lowest BCUT2D eigenvalue weighted by molar-refractivity contribution is -0.133. The second kappa shape index (κ2) is 7.47. The van der Waals surface area contributed by atoms with Crippen LogP contribution in [0.25, 0.3) is 11.0 Å². The number of hydrogen-bond acceptors (Lipinski definition) is 3. The van der Waals surface area contributed by atoms with E-state index in [2.05, 4.69) is 20.9 Å². The van der Waals surface area contributed by atoms with Crippen LogP contribution in [0.3, 0.4) is 0 Å². The molecule has 1 aliphatic heterocycles. The van der Waals surface area contributed by atoms with Gasteiger partial charge in [-0.1, -0.05) is 12.1 Å². The summed E-state index contributed by atoms with van der Waals surface area (Å²) in [5.41, 5.74) is 2.12. The number of aromatic nitrogens is 2. The summed E-state index contributed by atoms with van der Waals surface area (Å²) in [6.07, 6.45) is 4.25. The van der Waals surface area contributed by atoms with Crippen molar-refractivity contribution in [2.24, 2.45) is 5.92 Å². The molecule has 0 radical (unpaired) electrons. The largest absolute Gasteiger partial charge is 0.356 e. The summed E-state index contributed by atoms with van der Waals surface area (Å²) in [6, 6.07) is 8.05.